The van der Waals surface area contributed by atoms with Crippen LogP contribution in [0.2, 0.25) is 0 Å². The zero-order valence-electron chi connectivity index (χ0n) is 25.3. The first-order chi connectivity index (χ1) is 21.9. The number of thiazole rings is 2. The number of carboxylic acid groups (broad SMARTS) is 1. The number of carbonyl (C=O) groups is 1. The minimum Gasteiger partial charge on any atom is -0.494 e. The molecular formula is C33H33N7O3S2. The fraction of sp³-hybridized carbons (Fsp3) is 0.303. The van der Waals surface area contributed by atoms with Crippen molar-refractivity contribution in [2.75, 3.05) is 44.0 Å². The maximum Gasteiger partial charge on any atom is 0.355 e. The first kappa shape index (κ1) is 30.5. The number of carboxylic acids is 1. The summed E-state index contributed by atoms with van der Waals surface area (Å²) in [5.41, 5.74) is 4.05. The van der Waals surface area contributed by atoms with E-state index in [4.69, 9.17) is 4.74 Å². The Morgan fingerprint density at radius 2 is 1.93 bits per heavy atom. The van der Waals surface area contributed by atoms with Gasteiger partial charge in [-0.15, -0.1) is 21.5 Å². The number of anilines is 4. The van der Waals surface area contributed by atoms with Crippen molar-refractivity contribution in [2.45, 2.75) is 32.6 Å². The molecule has 0 bridgehead atoms. The Bertz CT molecular complexity index is 1860. The molecule has 0 saturated carbocycles. The van der Waals surface area contributed by atoms with E-state index < -0.39 is 5.97 Å². The third-order valence-corrected chi connectivity index (χ3v) is 9.41. The van der Waals surface area contributed by atoms with Gasteiger partial charge >= 0.3 is 5.97 Å². The molecule has 0 fully saturated rings. The molecule has 2 aromatic carbocycles. The number of hydrogen-bond donors (Lipinski definition) is 2. The van der Waals surface area contributed by atoms with E-state index in [1.54, 1.807) is 11.3 Å². The molecule has 1 aliphatic heterocycles. The quantitative estimate of drug-likeness (QED) is 0.133. The number of fused-ring (bicyclic) bond motifs is 2. The number of aromatic carboxylic acids is 1. The highest BCUT2D eigenvalue weighted by atomic mass is 32.1. The Labute approximate surface area is 269 Å². The second-order valence-electron chi connectivity index (χ2n) is 10.9. The van der Waals surface area contributed by atoms with Crippen LogP contribution in [-0.2, 0) is 12.8 Å². The molecule has 0 amide bonds. The molecule has 1 aliphatic rings. The van der Waals surface area contributed by atoms with Crippen LogP contribution in [0.25, 0.3) is 10.2 Å². The lowest BCUT2D eigenvalue weighted by molar-refractivity contribution is 0.0690. The number of nitrogens with zero attached hydrogens (tertiary/aromatic N) is 6. The number of nitrogens with one attached hydrogen (secondary N) is 1. The van der Waals surface area contributed by atoms with E-state index >= 15 is 0 Å². The van der Waals surface area contributed by atoms with Gasteiger partial charge in [-0.2, -0.15) is 0 Å². The van der Waals surface area contributed by atoms with Crippen LogP contribution in [0.4, 0.5) is 21.9 Å². The first-order valence-electron chi connectivity index (χ1n) is 14.7. The second-order valence-corrected chi connectivity index (χ2v) is 13.0. The van der Waals surface area contributed by atoms with Crippen LogP contribution in [0, 0.1) is 18.8 Å². The second kappa shape index (κ2) is 13.6. The predicted molar refractivity (Wildman–Crippen MR) is 180 cm³/mol. The van der Waals surface area contributed by atoms with Crippen molar-refractivity contribution >= 4 is 60.8 Å². The summed E-state index contributed by atoms with van der Waals surface area (Å²) in [6, 6.07) is 15.7. The van der Waals surface area contributed by atoms with Gasteiger partial charge in [0.1, 0.15) is 5.75 Å². The number of ether oxygens (including phenoxy) is 1. The van der Waals surface area contributed by atoms with Gasteiger partial charge in [-0.1, -0.05) is 35.3 Å². The van der Waals surface area contributed by atoms with E-state index in [1.807, 2.05) is 79.3 Å². The molecule has 3 aromatic heterocycles. The fourth-order valence-corrected chi connectivity index (χ4v) is 7.05. The van der Waals surface area contributed by atoms with Gasteiger partial charge in [-0.3, -0.25) is 4.90 Å². The minimum atomic E-state index is -1.03. The van der Waals surface area contributed by atoms with Crippen molar-refractivity contribution in [3.63, 3.8) is 0 Å². The van der Waals surface area contributed by atoms with Gasteiger partial charge < -0.3 is 20.1 Å². The topological polar surface area (TPSA) is 117 Å². The van der Waals surface area contributed by atoms with Crippen molar-refractivity contribution in [1.29, 1.82) is 0 Å². The van der Waals surface area contributed by atoms with Crippen molar-refractivity contribution in [3.05, 3.63) is 75.8 Å². The van der Waals surface area contributed by atoms with Crippen LogP contribution in [0.1, 0.15) is 44.9 Å². The minimum absolute atomic E-state index is 0.0848. The van der Waals surface area contributed by atoms with E-state index in [0.29, 0.717) is 43.5 Å². The van der Waals surface area contributed by atoms with Gasteiger partial charge in [-0.25, -0.2) is 14.8 Å². The zero-order valence-corrected chi connectivity index (χ0v) is 27.0. The van der Waals surface area contributed by atoms with E-state index in [2.05, 4.69) is 37.3 Å². The van der Waals surface area contributed by atoms with E-state index in [1.165, 1.54) is 11.3 Å². The monoisotopic (exact) mass is 639 g/mol. The molecule has 0 atom stereocenters. The molecule has 5 aromatic rings. The zero-order chi connectivity index (χ0) is 31.3. The molecule has 0 unspecified atom stereocenters. The van der Waals surface area contributed by atoms with Crippen LogP contribution >= 0.6 is 22.7 Å². The smallest absolute Gasteiger partial charge is 0.355 e. The molecule has 0 saturated heterocycles. The summed E-state index contributed by atoms with van der Waals surface area (Å²) in [5, 5.41) is 23.8. The number of hydrogen-bond acceptors (Lipinski definition) is 11. The van der Waals surface area contributed by atoms with Crippen LogP contribution in [0.3, 0.4) is 0 Å². The third kappa shape index (κ3) is 7.06. The summed E-state index contributed by atoms with van der Waals surface area (Å²) in [6.07, 6.45) is 2.95. The Morgan fingerprint density at radius 1 is 1.11 bits per heavy atom. The molecule has 2 N–H and O–H groups in total. The molecule has 0 spiro atoms. The standard InChI is InChI=1S/C33H33N7O3S2/c1-21-24-10-7-19-40(30(24)38-37-29(21)36-32-34-25-11-4-5-12-26(25)44-32)33-35-28(31(41)42)27(45-33)13-8-20-43-23-16-14-22(15-17-23)9-6-18-39(2)3/h4-5,11-12,14-17H,7-8,10,13,18-20H2,1-3H3,(H,41,42)(H,34,36,37). The molecule has 0 aliphatic carbocycles. The molecule has 230 valence electrons. The Balaban J connectivity index is 1.12. The average molecular weight is 640 g/mol. The van der Waals surface area contributed by atoms with Crippen LogP contribution in [0.15, 0.2) is 48.5 Å². The normalized spacial score (nSPS) is 12.6. The summed E-state index contributed by atoms with van der Waals surface area (Å²) in [4.78, 5) is 26.1. The Kier molecular flexibility index (Phi) is 9.21. The lowest BCUT2D eigenvalue weighted by Crippen LogP contribution is -2.27. The van der Waals surface area contributed by atoms with Crippen LogP contribution in [0.5, 0.6) is 5.75 Å². The van der Waals surface area contributed by atoms with Crippen LogP contribution in [-0.4, -0.2) is 69.9 Å². The average Bonchev–Trinajstić information content (AvgIpc) is 3.65. The SMILES string of the molecule is Cc1c(Nc2nc3ccccc3s2)nnc2c1CCCN2c1nc(C(=O)O)c(CCCOc2ccc(C#CCN(C)C)cc2)s1. The first-order valence-corrected chi connectivity index (χ1v) is 16.3. The van der Waals surface area contributed by atoms with E-state index in [9.17, 15) is 9.90 Å². The number of aryl methyl sites for hydroxylation is 1. The molecule has 45 heavy (non-hydrogen) atoms. The van der Waals surface area contributed by atoms with Crippen molar-refractivity contribution in [1.82, 2.24) is 25.1 Å². The Hall–Kier alpha value is -4.57. The van der Waals surface area contributed by atoms with Crippen molar-refractivity contribution in [2.24, 2.45) is 0 Å². The van der Waals surface area contributed by atoms with Gasteiger partial charge in [0, 0.05) is 28.1 Å². The number of benzene rings is 2. The van der Waals surface area contributed by atoms with Crippen molar-refractivity contribution < 1.29 is 14.6 Å². The summed E-state index contributed by atoms with van der Waals surface area (Å²) >= 11 is 2.97. The Morgan fingerprint density at radius 3 is 2.71 bits per heavy atom. The maximum absolute atomic E-state index is 12.1. The summed E-state index contributed by atoms with van der Waals surface area (Å²) in [7, 11) is 3.97. The van der Waals surface area contributed by atoms with Gasteiger partial charge in [0.15, 0.2) is 27.6 Å². The highest BCUT2D eigenvalue weighted by Gasteiger charge is 2.28. The molecule has 12 heteroatoms. The number of aromatic nitrogens is 4. The number of para-hydroxylation sites is 1. The molecule has 4 heterocycles. The summed E-state index contributed by atoms with van der Waals surface area (Å²) in [6.45, 7) is 3.89. The van der Waals surface area contributed by atoms with Crippen LogP contribution < -0.4 is 15.0 Å². The summed E-state index contributed by atoms with van der Waals surface area (Å²) in [5.74, 6) is 7.38. The lowest BCUT2D eigenvalue weighted by atomic mass is 10.0. The van der Waals surface area contributed by atoms with Crippen molar-refractivity contribution in [3.8, 4) is 17.6 Å². The fourth-order valence-electron chi connectivity index (χ4n) is 5.06. The lowest BCUT2D eigenvalue weighted by Gasteiger charge is -2.28. The highest BCUT2D eigenvalue weighted by Crippen LogP contribution is 2.39. The highest BCUT2D eigenvalue weighted by molar-refractivity contribution is 7.22. The summed E-state index contributed by atoms with van der Waals surface area (Å²) < 4.78 is 7.02. The van der Waals surface area contributed by atoms with Gasteiger partial charge in [0.25, 0.3) is 0 Å². The molecule has 10 nitrogen and oxygen atoms in total. The number of rotatable bonds is 10. The molecule has 6 rings (SSSR count). The van der Waals surface area contributed by atoms with E-state index in [-0.39, 0.29) is 5.69 Å². The molecule has 0 radical (unpaired) electrons. The molecular weight excluding hydrogens is 607 g/mol. The van der Waals surface area contributed by atoms with Gasteiger partial charge in [0.05, 0.1) is 23.4 Å². The maximum atomic E-state index is 12.1. The van der Waals surface area contributed by atoms with E-state index in [0.717, 1.165) is 61.3 Å². The largest absolute Gasteiger partial charge is 0.494 e. The van der Waals surface area contributed by atoms with Gasteiger partial charge in [-0.05, 0) is 83.1 Å². The third-order valence-electron chi connectivity index (χ3n) is 7.32. The van der Waals surface area contributed by atoms with Gasteiger partial charge in [0.2, 0.25) is 0 Å². The predicted octanol–water partition coefficient (Wildman–Crippen LogP) is 6.30.